The Kier molecular flexibility index (Phi) is 5.81. The van der Waals surface area contributed by atoms with E-state index in [0.29, 0.717) is 16.6 Å². The number of hydrogen-bond acceptors (Lipinski definition) is 6. The van der Waals surface area contributed by atoms with Gasteiger partial charge in [0.25, 0.3) is 5.91 Å². The van der Waals surface area contributed by atoms with Crippen LogP contribution in [0.25, 0.3) is 21.1 Å². The number of pyridine rings is 1. The molecular formula is C27H27N3O3S. The molecule has 1 N–H and O–H groups in total. The molecule has 0 bridgehead atoms. The van der Waals surface area contributed by atoms with Crippen molar-refractivity contribution in [3.63, 3.8) is 0 Å². The van der Waals surface area contributed by atoms with Gasteiger partial charge in [-0.15, -0.1) is 0 Å². The second kappa shape index (κ2) is 8.80. The zero-order valence-corrected chi connectivity index (χ0v) is 20.4. The molecule has 7 heteroatoms. The SMILES string of the molecule is CC(C)(C)C1CCc2nc3ccccc3c(C(=O)OCC(=O)Nc3nc4ccccc4s3)c2C1. The average Bonchev–Trinajstić information content (AvgIpc) is 3.22. The Hall–Kier alpha value is -3.32. The Morgan fingerprint density at radius 1 is 1.06 bits per heavy atom. The second-order valence-corrected chi connectivity index (χ2v) is 10.9. The number of carbonyl (C=O) groups is 2. The molecule has 1 amide bonds. The monoisotopic (exact) mass is 473 g/mol. The van der Waals surface area contributed by atoms with Crippen molar-refractivity contribution >= 4 is 49.5 Å². The summed E-state index contributed by atoms with van der Waals surface area (Å²) in [6, 6.07) is 15.3. The van der Waals surface area contributed by atoms with Gasteiger partial charge in [-0.25, -0.2) is 9.78 Å². The van der Waals surface area contributed by atoms with Crippen LogP contribution in [0.4, 0.5) is 5.13 Å². The van der Waals surface area contributed by atoms with E-state index in [-0.39, 0.29) is 12.0 Å². The van der Waals surface area contributed by atoms with Crippen LogP contribution in [0.3, 0.4) is 0 Å². The Morgan fingerprint density at radius 3 is 2.56 bits per heavy atom. The normalized spacial score (nSPS) is 15.8. The molecule has 2 aromatic carbocycles. The summed E-state index contributed by atoms with van der Waals surface area (Å²) in [6.07, 6.45) is 2.65. The van der Waals surface area contributed by atoms with Gasteiger partial charge < -0.3 is 4.74 Å². The lowest BCUT2D eigenvalue weighted by atomic mass is 9.70. The van der Waals surface area contributed by atoms with E-state index < -0.39 is 11.9 Å². The maximum atomic E-state index is 13.3. The zero-order valence-electron chi connectivity index (χ0n) is 19.6. The molecule has 0 aliphatic heterocycles. The van der Waals surface area contributed by atoms with Crippen molar-refractivity contribution in [3.05, 3.63) is 65.4 Å². The Labute approximate surface area is 202 Å². The predicted molar refractivity (Wildman–Crippen MR) is 135 cm³/mol. The van der Waals surface area contributed by atoms with Gasteiger partial charge in [0.2, 0.25) is 0 Å². The first-order valence-corrected chi connectivity index (χ1v) is 12.3. The van der Waals surface area contributed by atoms with Gasteiger partial charge in [-0.1, -0.05) is 62.4 Å². The molecule has 174 valence electrons. The third kappa shape index (κ3) is 4.40. The molecule has 2 aromatic heterocycles. The van der Waals surface area contributed by atoms with Gasteiger partial charge in [0, 0.05) is 11.1 Å². The Bertz CT molecular complexity index is 1370. The maximum absolute atomic E-state index is 13.3. The topological polar surface area (TPSA) is 81.2 Å². The molecule has 0 saturated carbocycles. The molecule has 4 aromatic rings. The van der Waals surface area contributed by atoms with E-state index in [9.17, 15) is 9.59 Å². The number of fused-ring (bicyclic) bond motifs is 3. The Balaban J connectivity index is 1.38. The van der Waals surface area contributed by atoms with Crippen molar-refractivity contribution in [1.29, 1.82) is 0 Å². The maximum Gasteiger partial charge on any atom is 0.339 e. The van der Waals surface area contributed by atoms with E-state index in [4.69, 9.17) is 9.72 Å². The van der Waals surface area contributed by atoms with Gasteiger partial charge in [0.1, 0.15) is 0 Å². The number of aryl methyl sites for hydroxylation is 1. The number of rotatable bonds is 4. The molecule has 0 spiro atoms. The summed E-state index contributed by atoms with van der Waals surface area (Å²) < 4.78 is 6.51. The van der Waals surface area contributed by atoms with Crippen molar-refractivity contribution < 1.29 is 14.3 Å². The van der Waals surface area contributed by atoms with Crippen LogP contribution in [0.2, 0.25) is 0 Å². The van der Waals surface area contributed by atoms with Gasteiger partial charge in [0.05, 0.1) is 21.3 Å². The van der Waals surface area contributed by atoms with Crippen LogP contribution >= 0.6 is 11.3 Å². The molecule has 5 rings (SSSR count). The number of thiazole rings is 1. The highest BCUT2D eigenvalue weighted by molar-refractivity contribution is 7.22. The quantitative estimate of drug-likeness (QED) is 0.379. The van der Waals surface area contributed by atoms with Crippen LogP contribution in [0.15, 0.2) is 48.5 Å². The number of nitrogens with zero attached hydrogens (tertiary/aromatic N) is 2. The summed E-state index contributed by atoms with van der Waals surface area (Å²) in [5, 5.41) is 4.00. The lowest BCUT2D eigenvalue weighted by Crippen LogP contribution is -2.29. The Morgan fingerprint density at radius 2 is 1.79 bits per heavy atom. The molecule has 6 nitrogen and oxygen atoms in total. The molecule has 1 atom stereocenters. The first-order chi connectivity index (χ1) is 16.3. The van der Waals surface area contributed by atoms with Crippen LogP contribution < -0.4 is 5.32 Å². The number of esters is 1. The molecule has 1 unspecified atom stereocenters. The number of carbonyl (C=O) groups excluding carboxylic acids is 2. The summed E-state index contributed by atoms with van der Waals surface area (Å²) in [5.74, 6) is -0.451. The minimum Gasteiger partial charge on any atom is -0.452 e. The number of aromatic nitrogens is 2. The van der Waals surface area contributed by atoms with Crippen molar-refractivity contribution in [2.45, 2.75) is 40.0 Å². The molecule has 1 aliphatic carbocycles. The van der Waals surface area contributed by atoms with Crippen LogP contribution in [0.1, 0.15) is 48.8 Å². The highest BCUT2D eigenvalue weighted by Gasteiger charge is 2.33. The number of nitrogens with one attached hydrogen (secondary N) is 1. The number of anilines is 1. The molecule has 0 radical (unpaired) electrons. The highest BCUT2D eigenvalue weighted by atomic mass is 32.1. The van der Waals surface area contributed by atoms with E-state index in [1.165, 1.54) is 11.3 Å². The van der Waals surface area contributed by atoms with Gasteiger partial charge in [-0.05, 0) is 54.4 Å². The fraction of sp³-hybridized carbons (Fsp3) is 0.333. The average molecular weight is 474 g/mol. The first kappa shape index (κ1) is 22.5. The van der Waals surface area contributed by atoms with Gasteiger partial charge in [-0.2, -0.15) is 0 Å². The summed E-state index contributed by atoms with van der Waals surface area (Å²) in [7, 11) is 0. The van der Waals surface area contributed by atoms with Crippen molar-refractivity contribution in [2.75, 3.05) is 11.9 Å². The number of ether oxygens (including phenoxy) is 1. The third-order valence-electron chi connectivity index (χ3n) is 6.56. The lowest BCUT2D eigenvalue weighted by Gasteiger charge is -2.35. The van der Waals surface area contributed by atoms with Crippen LogP contribution in [-0.4, -0.2) is 28.5 Å². The molecular weight excluding hydrogens is 446 g/mol. The number of para-hydroxylation sites is 2. The fourth-order valence-corrected chi connectivity index (χ4v) is 5.53. The minimum absolute atomic E-state index is 0.127. The van der Waals surface area contributed by atoms with E-state index in [1.54, 1.807) is 0 Å². The molecule has 2 heterocycles. The number of benzene rings is 2. The number of hydrogen-bond donors (Lipinski definition) is 1. The van der Waals surface area contributed by atoms with Crippen molar-refractivity contribution in [3.8, 4) is 0 Å². The minimum atomic E-state index is -0.483. The van der Waals surface area contributed by atoms with Gasteiger partial charge in [0.15, 0.2) is 11.7 Å². The van der Waals surface area contributed by atoms with Gasteiger partial charge in [-0.3, -0.25) is 15.1 Å². The lowest BCUT2D eigenvalue weighted by molar-refractivity contribution is -0.119. The molecule has 0 saturated heterocycles. The largest absolute Gasteiger partial charge is 0.452 e. The molecule has 1 aliphatic rings. The van der Waals surface area contributed by atoms with Gasteiger partial charge >= 0.3 is 5.97 Å². The first-order valence-electron chi connectivity index (χ1n) is 11.5. The van der Waals surface area contributed by atoms with Crippen LogP contribution in [0, 0.1) is 11.3 Å². The summed E-state index contributed by atoms with van der Waals surface area (Å²) in [5.41, 5.74) is 4.19. The summed E-state index contributed by atoms with van der Waals surface area (Å²) in [4.78, 5) is 35.1. The molecule has 34 heavy (non-hydrogen) atoms. The predicted octanol–water partition coefficient (Wildman–Crippen LogP) is 5.79. The summed E-state index contributed by atoms with van der Waals surface area (Å²) in [6.45, 7) is 6.34. The van der Waals surface area contributed by atoms with Crippen molar-refractivity contribution in [2.24, 2.45) is 11.3 Å². The zero-order chi connectivity index (χ0) is 23.9. The molecule has 0 fully saturated rings. The standard InChI is InChI=1S/C27H27N3O3S/c1-27(2,3)16-12-13-20-18(14-16)24(17-8-4-5-9-19(17)28-20)25(32)33-15-23(31)30-26-29-21-10-6-7-11-22(21)34-26/h4-11,16H,12-15H2,1-3H3,(H,29,30,31). The van der Waals surface area contributed by atoms with E-state index in [0.717, 1.165) is 51.6 Å². The second-order valence-electron chi connectivity index (χ2n) is 9.85. The van der Waals surface area contributed by atoms with Crippen LogP contribution in [-0.2, 0) is 22.4 Å². The van der Waals surface area contributed by atoms with E-state index >= 15 is 0 Å². The fourth-order valence-electron chi connectivity index (χ4n) is 4.64. The van der Waals surface area contributed by atoms with Crippen LogP contribution in [0.5, 0.6) is 0 Å². The van der Waals surface area contributed by atoms with E-state index in [2.05, 4.69) is 31.1 Å². The van der Waals surface area contributed by atoms with Crippen molar-refractivity contribution in [1.82, 2.24) is 9.97 Å². The smallest absolute Gasteiger partial charge is 0.339 e. The number of amides is 1. The highest BCUT2D eigenvalue weighted by Crippen LogP contribution is 2.39. The summed E-state index contributed by atoms with van der Waals surface area (Å²) >= 11 is 1.39. The third-order valence-corrected chi connectivity index (χ3v) is 7.51. The van der Waals surface area contributed by atoms with E-state index in [1.807, 2.05) is 48.5 Å².